The maximum atomic E-state index is 12.9. The second-order valence-electron chi connectivity index (χ2n) is 6.92. The Balaban J connectivity index is 1.57. The van der Waals surface area contributed by atoms with Crippen molar-refractivity contribution in [3.63, 3.8) is 0 Å². The number of hydrogen-bond acceptors (Lipinski definition) is 4. The van der Waals surface area contributed by atoms with Gasteiger partial charge in [0, 0.05) is 48.5 Å². The molecule has 1 N–H and O–H groups in total. The first-order valence-corrected chi connectivity index (χ1v) is 8.75. The van der Waals surface area contributed by atoms with Gasteiger partial charge in [-0.1, -0.05) is 0 Å². The van der Waals surface area contributed by atoms with Crippen molar-refractivity contribution in [1.29, 1.82) is 0 Å². The molecule has 1 unspecified atom stereocenters. The zero-order chi connectivity index (χ0) is 17.4. The second-order valence-corrected chi connectivity index (χ2v) is 6.92. The summed E-state index contributed by atoms with van der Waals surface area (Å²) in [4.78, 5) is 19.3. The lowest BCUT2D eigenvalue weighted by Gasteiger charge is -2.32. The minimum Gasteiger partial charge on any atom is -0.338 e. The Labute approximate surface area is 146 Å². The molecule has 7 nitrogen and oxygen atoms in total. The molecule has 1 amide bonds. The quantitative estimate of drug-likeness (QED) is 0.796. The van der Waals surface area contributed by atoms with Crippen LogP contribution < -0.4 is 0 Å². The van der Waals surface area contributed by atoms with E-state index in [1.165, 1.54) is 0 Å². The summed E-state index contributed by atoms with van der Waals surface area (Å²) in [7, 11) is 0. The number of likely N-dealkylation sites (tertiary alicyclic amines) is 1. The molecular formula is C18H22N6O. The molecule has 4 rings (SSSR count). The Kier molecular flexibility index (Phi) is 3.99. The van der Waals surface area contributed by atoms with E-state index in [0.29, 0.717) is 18.0 Å². The summed E-state index contributed by atoms with van der Waals surface area (Å²) in [6.45, 7) is 5.63. The molecule has 0 aromatic carbocycles. The Bertz CT molecular complexity index is 882. The van der Waals surface area contributed by atoms with Gasteiger partial charge in [-0.15, -0.1) is 0 Å². The number of nitrogens with zero attached hydrogens (tertiary/aromatic N) is 5. The lowest BCUT2D eigenvalue weighted by atomic mass is 9.94. The average Bonchev–Trinajstić information content (AvgIpc) is 3.30. The average molecular weight is 338 g/mol. The Morgan fingerprint density at radius 1 is 1.36 bits per heavy atom. The van der Waals surface area contributed by atoms with Gasteiger partial charge in [-0.25, -0.2) is 9.67 Å². The molecule has 0 spiro atoms. The highest BCUT2D eigenvalue weighted by Crippen LogP contribution is 2.26. The molecule has 1 saturated heterocycles. The van der Waals surface area contributed by atoms with Crippen LogP contribution >= 0.6 is 0 Å². The number of amides is 1. The van der Waals surface area contributed by atoms with Gasteiger partial charge in [-0.2, -0.15) is 10.2 Å². The first kappa shape index (κ1) is 15.8. The standard InChI is InChI=1S/C18H22N6O/c1-12(2)24-17-14(10-21-24)8-15(9-19-17)18(25)23-7-3-4-13(11-23)16-5-6-20-22-16/h5-6,8-10,12-13H,3-4,7,11H2,1-2H3,(H,20,22). The van der Waals surface area contributed by atoms with Crippen LogP contribution in [0.25, 0.3) is 11.0 Å². The summed E-state index contributed by atoms with van der Waals surface area (Å²) in [5.41, 5.74) is 2.55. The van der Waals surface area contributed by atoms with Gasteiger partial charge in [-0.05, 0) is 38.8 Å². The van der Waals surface area contributed by atoms with E-state index in [2.05, 4.69) is 34.1 Å². The number of aromatic nitrogens is 5. The number of aromatic amines is 1. The third-order valence-corrected chi connectivity index (χ3v) is 4.84. The van der Waals surface area contributed by atoms with Crippen molar-refractivity contribution in [1.82, 2.24) is 29.9 Å². The normalized spacial score (nSPS) is 18.2. The molecule has 3 aromatic heterocycles. The van der Waals surface area contributed by atoms with Crippen molar-refractivity contribution < 1.29 is 4.79 Å². The summed E-state index contributed by atoms with van der Waals surface area (Å²) < 4.78 is 1.87. The fraction of sp³-hybridized carbons (Fsp3) is 0.444. The van der Waals surface area contributed by atoms with Crippen LogP contribution in [0.15, 0.2) is 30.7 Å². The van der Waals surface area contributed by atoms with Crippen LogP contribution in [0.5, 0.6) is 0 Å². The van der Waals surface area contributed by atoms with Gasteiger partial charge in [0.2, 0.25) is 0 Å². The number of pyridine rings is 1. The van der Waals surface area contributed by atoms with E-state index >= 15 is 0 Å². The molecule has 1 aliphatic rings. The summed E-state index contributed by atoms with van der Waals surface area (Å²) in [5, 5.41) is 12.3. The number of H-pyrrole nitrogens is 1. The fourth-order valence-corrected chi connectivity index (χ4v) is 3.53. The molecule has 1 fully saturated rings. The molecule has 3 aromatic rings. The third-order valence-electron chi connectivity index (χ3n) is 4.84. The number of rotatable bonds is 3. The fourth-order valence-electron chi connectivity index (χ4n) is 3.53. The number of nitrogens with one attached hydrogen (secondary N) is 1. The minimum absolute atomic E-state index is 0.0379. The molecule has 1 aliphatic heterocycles. The Morgan fingerprint density at radius 3 is 3.00 bits per heavy atom. The smallest absolute Gasteiger partial charge is 0.255 e. The van der Waals surface area contributed by atoms with Crippen LogP contribution in [0.3, 0.4) is 0 Å². The van der Waals surface area contributed by atoms with Crippen LogP contribution in [0.1, 0.15) is 54.7 Å². The highest BCUT2D eigenvalue weighted by atomic mass is 16.2. The monoisotopic (exact) mass is 338 g/mol. The lowest BCUT2D eigenvalue weighted by molar-refractivity contribution is 0.0705. The van der Waals surface area contributed by atoms with Gasteiger partial charge in [0.05, 0.1) is 11.8 Å². The van der Waals surface area contributed by atoms with Gasteiger partial charge in [-0.3, -0.25) is 9.89 Å². The summed E-state index contributed by atoms with van der Waals surface area (Å²) in [6.07, 6.45) is 7.29. The van der Waals surface area contributed by atoms with Gasteiger partial charge < -0.3 is 4.90 Å². The zero-order valence-electron chi connectivity index (χ0n) is 14.5. The minimum atomic E-state index is 0.0379. The molecule has 130 valence electrons. The van der Waals surface area contributed by atoms with Crippen LogP contribution in [0, 0.1) is 0 Å². The predicted molar refractivity (Wildman–Crippen MR) is 94.4 cm³/mol. The van der Waals surface area contributed by atoms with Crippen molar-refractivity contribution in [3.8, 4) is 0 Å². The van der Waals surface area contributed by atoms with E-state index in [-0.39, 0.29) is 11.9 Å². The highest BCUT2D eigenvalue weighted by molar-refractivity contribution is 5.96. The molecule has 7 heteroatoms. The van der Waals surface area contributed by atoms with Gasteiger partial charge in [0.1, 0.15) is 0 Å². The van der Waals surface area contributed by atoms with Crippen LogP contribution in [-0.2, 0) is 0 Å². The van der Waals surface area contributed by atoms with Crippen molar-refractivity contribution in [3.05, 3.63) is 42.0 Å². The Morgan fingerprint density at radius 2 is 2.24 bits per heavy atom. The molecule has 25 heavy (non-hydrogen) atoms. The van der Waals surface area contributed by atoms with Crippen molar-refractivity contribution in [2.45, 2.75) is 38.6 Å². The van der Waals surface area contributed by atoms with Crippen molar-refractivity contribution in [2.24, 2.45) is 0 Å². The van der Waals surface area contributed by atoms with Crippen LogP contribution in [-0.4, -0.2) is 48.9 Å². The van der Waals surface area contributed by atoms with Crippen molar-refractivity contribution >= 4 is 16.9 Å². The van der Waals surface area contributed by atoms with Crippen molar-refractivity contribution in [2.75, 3.05) is 13.1 Å². The van der Waals surface area contributed by atoms with E-state index in [1.807, 2.05) is 21.7 Å². The SMILES string of the molecule is CC(C)n1ncc2cc(C(=O)N3CCCC(c4ccn[nH]4)C3)cnc21. The summed E-state index contributed by atoms with van der Waals surface area (Å²) >= 11 is 0. The van der Waals surface area contributed by atoms with Crippen LogP contribution in [0.4, 0.5) is 0 Å². The first-order valence-electron chi connectivity index (χ1n) is 8.75. The molecule has 0 aliphatic carbocycles. The van der Waals surface area contributed by atoms with E-state index < -0.39 is 0 Å². The van der Waals surface area contributed by atoms with Gasteiger partial charge in [0.25, 0.3) is 5.91 Å². The van der Waals surface area contributed by atoms with Gasteiger partial charge >= 0.3 is 0 Å². The first-order chi connectivity index (χ1) is 12.1. The highest BCUT2D eigenvalue weighted by Gasteiger charge is 2.26. The molecule has 4 heterocycles. The van der Waals surface area contributed by atoms with E-state index in [9.17, 15) is 4.79 Å². The lowest BCUT2D eigenvalue weighted by Crippen LogP contribution is -2.39. The van der Waals surface area contributed by atoms with Gasteiger partial charge in [0.15, 0.2) is 5.65 Å². The van der Waals surface area contributed by atoms with Crippen LogP contribution in [0.2, 0.25) is 0 Å². The number of piperidine rings is 1. The number of carbonyl (C=O) groups is 1. The number of fused-ring (bicyclic) bond motifs is 1. The van der Waals surface area contributed by atoms with E-state index in [4.69, 9.17) is 0 Å². The maximum Gasteiger partial charge on any atom is 0.255 e. The summed E-state index contributed by atoms with van der Waals surface area (Å²) in [6, 6.07) is 4.13. The molecular weight excluding hydrogens is 316 g/mol. The summed E-state index contributed by atoms with van der Waals surface area (Å²) in [5.74, 6) is 0.358. The topological polar surface area (TPSA) is 79.7 Å². The van der Waals surface area contributed by atoms with E-state index in [1.54, 1.807) is 18.6 Å². The molecule has 0 bridgehead atoms. The number of hydrogen-bond donors (Lipinski definition) is 1. The molecule has 1 atom stereocenters. The molecule has 0 radical (unpaired) electrons. The molecule has 0 saturated carbocycles. The second kappa shape index (κ2) is 6.31. The van der Waals surface area contributed by atoms with E-state index in [0.717, 1.165) is 36.1 Å². The third kappa shape index (κ3) is 2.90. The maximum absolute atomic E-state index is 12.9. The zero-order valence-corrected chi connectivity index (χ0v) is 14.5. The Hall–Kier alpha value is -2.70. The predicted octanol–water partition coefficient (Wildman–Crippen LogP) is 2.76. The number of carbonyl (C=O) groups excluding carboxylic acids is 1. The largest absolute Gasteiger partial charge is 0.338 e.